The zero-order valence-electron chi connectivity index (χ0n) is 19.1. The van der Waals surface area contributed by atoms with Crippen LogP contribution in [0.3, 0.4) is 0 Å². The molecule has 9 heteroatoms. The summed E-state index contributed by atoms with van der Waals surface area (Å²) in [6.07, 6.45) is 1.65. The van der Waals surface area contributed by atoms with Crippen LogP contribution in [0.25, 0.3) is 10.9 Å². The van der Waals surface area contributed by atoms with Gasteiger partial charge < -0.3 is 26.0 Å². The third-order valence-electron chi connectivity index (χ3n) is 5.09. The van der Waals surface area contributed by atoms with Gasteiger partial charge in [-0.3, -0.25) is 19.4 Å². The molecule has 2 atom stereocenters. The summed E-state index contributed by atoms with van der Waals surface area (Å²) in [5.41, 5.74) is 1.54. The summed E-state index contributed by atoms with van der Waals surface area (Å²) in [5, 5.41) is 32.8. The Kier molecular flexibility index (Phi) is 9.66. The van der Waals surface area contributed by atoms with E-state index in [1.807, 2.05) is 54.6 Å². The number of carboxylic acids is 2. The van der Waals surface area contributed by atoms with Gasteiger partial charge in [-0.2, -0.15) is 0 Å². The summed E-state index contributed by atoms with van der Waals surface area (Å²) in [5.74, 6) is -1.86. The van der Waals surface area contributed by atoms with E-state index in [9.17, 15) is 9.90 Å². The van der Waals surface area contributed by atoms with Crippen molar-refractivity contribution < 1.29 is 29.7 Å². The van der Waals surface area contributed by atoms with Gasteiger partial charge in [0.25, 0.3) is 17.8 Å². The SMILES string of the molecule is CC(=O)O.CC(=O)O.O=C(N[C@@]1(c2ccccc2)CCNC[C@H]1O)c1ccc2ncccc2c1. The van der Waals surface area contributed by atoms with Gasteiger partial charge in [0, 0.05) is 37.5 Å². The molecule has 3 aromatic rings. The number of hydrogen-bond donors (Lipinski definition) is 5. The average Bonchev–Trinajstić information content (AvgIpc) is 2.80. The molecule has 0 radical (unpaired) electrons. The van der Waals surface area contributed by atoms with Crippen LogP contribution in [-0.2, 0) is 15.1 Å². The lowest BCUT2D eigenvalue weighted by molar-refractivity contribution is -0.135. The van der Waals surface area contributed by atoms with Crippen LogP contribution in [-0.4, -0.2) is 57.3 Å². The van der Waals surface area contributed by atoms with Crippen molar-refractivity contribution in [3.05, 3.63) is 78.0 Å². The molecule has 0 bridgehead atoms. The lowest BCUT2D eigenvalue weighted by Gasteiger charge is -2.43. The number of hydrogen-bond acceptors (Lipinski definition) is 6. The van der Waals surface area contributed by atoms with E-state index in [0.29, 0.717) is 18.5 Å². The van der Waals surface area contributed by atoms with E-state index >= 15 is 0 Å². The number of rotatable bonds is 3. The molecule has 0 aliphatic carbocycles. The van der Waals surface area contributed by atoms with Gasteiger partial charge >= 0.3 is 0 Å². The van der Waals surface area contributed by atoms with E-state index in [-0.39, 0.29) is 5.91 Å². The van der Waals surface area contributed by atoms with E-state index in [0.717, 1.165) is 36.9 Å². The third kappa shape index (κ3) is 7.36. The molecule has 4 rings (SSSR count). The van der Waals surface area contributed by atoms with Crippen LogP contribution in [0.2, 0.25) is 0 Å². The fourth-order valence-corrected chi connectivity index (χ4v) is 3.65. The van der Waals surface area contributed by atoms with Crippen molar-refractivity contribution in [3.8, 4) is 0 Å². The molecule has 0 unspecified atom stereocenters. The smallest absolute Gasteiger partial charge is 0.300 e. The molecular formula is C25H29N3O6. The van der Waals surface area contributed by atoms with E-state index in [1.165, 1.54) is 0 Å². The monoisotopic (exact) mass is 467 g/mol. The Hall–Kier alpha value is -3.82. The molecule has 2 heterocycles. The Morgan fingerprint density at radius 3 is 2.26 bits per heavy atom. The molecule has 0 spiro atoms. The molecule has 1 aliphatic heterocycles. The minimum absolute atomic E-state index is 0.194. The van der Waals surface area contributed by atoms with Gasteiger partial charge in [0.05, 0.1) is 17.2 Å². The van der Waals surface area contributed by atoms with Crippen LogP contribution in [0.5, 0.6) is 0 Å². The van der Waals surface area contributed by atoms with Crippen molar-refractivity contribution in [2.24, 2.45) is 0 Å². The Labute approximate surface area is 197 Å². The minimum atomic E-state index is -0.833. The number of carbonyl (C=O) groups excluding carboxylic acids is 1. The Morgan fingerprint density at radius 1 is 1.00 bits per heavy atom. The van der Waals surface area contributed by atoms with E-state index in [2.05, 4.69) is 15.6 Å². The molecule has 1 saturated heterocycles. The number of aliphatic hydroxyl groups excluding tert-OH is 1. The highest BCUT2D eigenvalue weighted by atomic mass is 16.4. The van der Waals surface area contributed by atoms with E-state index in [4.69, 9.17) is 19.8 Å². The van der Waals surface area contributed by atoms with E-state index in [1.54, 1.807) is 12.3 Å². The predicted molar refractivity (Wildman–Crippen MR) is 127 cm³/mol. The average molecular weight is 468 g/mol. The van der Waals surface area contributed by atoms with Crippen molar-refractivity contribution in [1.82, 2.24) is 15.6 Å². The number of piperidine rings is 1. The van der Waals surface area contributed by atoms with Crippen molar-refractivity contribution in [1.29, 1.82) is 0 Å². The largest absolute Gasteiger partial charge is 0.481 e. The third-order valence-corrected chi connectivity index (χ3v) is 5.09. The highest BCUT2D eigenvalue weighted by molar-refractivity contribution is 5.98. The molecular weight excluding hydrogens is 438 g/mol. The number of benzene rings is 2. The van der Waals surface area contributed by atoms with Crippen LogP contribution in [0.1, 0.15) is 36.2 Å². The molecule has 0 saturated carbocycles. The molecule has 2 aromatic carbocycles. The fraction of sp³-hybridized carbons (Fsp3) is 0.280. The van der Waals surface area contributed by atoms with Crippen molar-refractivity contribution in [3.63, 3.8) is 0 Å². The van der Waals surface area contributed by atoms with E-state index < -0.39 is 23.6 Å². The molecule has 9 nitrogen and oxygen atoms in total. The van der Waals surface area contributed by atoms with Crippen LogP contribution in [0.4, 0.5) is 0 Å². The lowest BCUT2D eigenvalue weighted by Crippen LogP contribution is -2.61. The molecule has 5 N–H and O–H groups in total. The first-order valence-corrected chi connectivity index (χ1v) is 10.7. The zero-order valence-corrected chi connectivity index (χ0v) is 19.1. The first kappa shape index (κ1) is 26.4. The number of fused-ring (bicyclic) bond motifs is 1. The van der Waals surface area contributed by atoms with Crippen molar-refractivity contribution in [2.45, 2.75) is 31.9 Å². The molecule has 1 fully saturated rings. The molecule has 1 amide bonds. The maximum Gasteiger partial charge on any atom is 0.300 e. The summed E-state index contributed by atoms with van der Waals surface area (Å²) < 4.78 is 0. The highest BCUT2D eigenvalue weighted by Gasteiger charge is 2.42. The van der Waals surface area contributed by atoms with Gasteiger partial charge in [0.2, 0.25) is 0 Å². The number of carbonyl (C=O) groups is 3. The van der Waals surface area contributed by atoms with Gasteiger partial charge in [-0.1, -0.05) is 36.4 Å². The number of carboxylic acid groups (broad SMARTS) is 2. The van der Waals surface area contributed by atoms with Crippen LogP contribution in [0.15, 0.2) is 66.9 Å². The van der Waals surface area contributed by atoms with Crippen LogP contribution < -0.4 is 10.6 Å². The van der Waals surface area contributed by atoms with Gasteiger partial charge in [-0.05, 0) is 42.8 Å². The standard InChI is InChI=1S/C21H21N3O2.2C2H4O2/c25-19-14-22-12-10-21(19,17-6-2-1-3-7-17)24-20(26)16-8-9-18-15(13-16)5-4-11-23-18;2*1-2(3)4/h1-9,11,13,19,22,25H,10,12,14H2,(H,24,26);2*1H3,(H,3,4)/t19-,21-;;/m1../s1. The second kappa shape index (κ2) is 12.4. The Morgan fingerprint density at radius 2 is 1.65 bits per heavy atom. The second-order valence-electron chi connectivity index (χ2n) is 7.71. The van der Waals surface area contributed by atoms with Crippen molar-refractivity contribution >= 4 is 28.7 Å². The summed E-state index contributed by atoms with van der Waals surface area (Å²) >= 11 is 0. The van der Waals surface area contributed by atoms with Crippen molar-refractivity contribution in [2.75, 3.05) is 13.1 Å². The molecule has 34 heavy (non-hydrogen) atoms. The summed E-state index contributed by atoms with van der Waals surface area (Å²) in [4.78, 5) is 35.3. The Bertz CT molecular complexity index is 1100. The number of aromatic nitrogens is 1. The normalized spacial score (nSPS) is 19.0. The molecule has 180 valence electrons. The predicted octanol–water partition coefficient (Wildman–Crippen LogP) is 2.40. The Balaban J connectivity index is 0.000000446. The quantitative estimate of drug-likeness (QED) is 0.394. The van der Waals surface area contributed by atoms with Gasteiger partial charge in [-0.25, -0.2) is 0 Å². The fourth-order valence-electron chi connectivity index (χ4n) is 3.65. The number of nitrogens with zero attached hydrogens (tertiary/aromatic N) is 1. The molecule has 1 aromatic heterocycles. The summed E-state index contributed by atoms with van der Waals surface area (Å²) in [6, 6.07) is 19.0. The van der Waals surface area contributed by atoms with Crippen LogP contribution in [0, 0.1) is 0 Å². The van der Waals surface area contributed by atoms with Gasteiger partial charge in [0.1, 0.15) is 0 Å². The number of nitrogens with one attached hydrogen (secondary N) is 2. The highest BCUT2D eigenvalue weighted by Crippen LogP contribution is 2.31. The number of amides is 1. The summed E-state index contributed by atoms with van der Waals surface area (Å²) in [6.45, 7) is 3.34. The number of β-amino-alcohol motifs (C(OH)–C–C–N with tert-alkyl or cyclic N) is 1. The lowest BCUT2D eigenvalue weighted by atomic mass is 9.79. The summed E-state index contributed by atoms with van der Waals surface area (Å²) in [7, 11) is 0. The topological polar surface area (TPSA) is 149 Å². The van der Waals surface area contributed by atoms with Gasteiger partial charge in [0.15, 0.2) is 0 Å². The zero-order chi connectivity index (χ0) is 25.1. The number of aliphatic carboxylic acids is 2. The number of aliphatic hydroxyl groups is 1. The second-order valence-corrected chi connectivity index (χ2v) is 7.71. The van der Waals surface area contributed by atoms with Gasteiger partial charge in [-0.15, -0.1) is 0 Å². The molecule has 1 aliphatic rings. The maximum absolute atomic E-state index is 13.0. The first-order valence-electron chi connectivity index (χ1n) is 10.7. The minimum Gasteiger partial charge on any atom is -0.481 e. The first-order chi connectivity index (χ1) is 16.2. The van der Waals surface area contributed by atoms with Crippen LogP contribution >= 0.6 is 0 Å². The number of pyridine rings is 1. The maximum atomic E-state index is 13.0.